The molecule has 0 spiro atoms. The zero-order valence-corrected chi connectivity index (χ0v) is 12.0. The predicted molar refractivity (Wildman–Crippen MR) is 77.0 cm³/mol. The number of H-pyrrole nitrogens is 1. The van der Waals surface area contributed by atoms with E-state index in [9.17, 15) is 4.79 Å². The molecule has 5 heteroatoms. The summed E-state index contributed by atoms with van der Waals surface area (Å²) in [5, 5.41) is 3.08. The fraction of sp³-hybridized carbons (Fsp3) is 0.733. The molecule has 1 amide bonds. The van der Waals surface area contributed by atoms with Gasteiger partial charge in [0, 0.05) is 37.4 Å². The van der Waals surface area contributed by atoms with Gasteiger partial charge in [0.25, 0.3) is 0 Å². The van der Waals surface area contributed by atoms with Crippen LogP contribution in [-0.2, 0) is 11.3 Å². The fourth-order valence-corrected chi connectivity index (χ4v) is 3.01. The van der Waals surface area contributed by atoms with Crippen molar-refractivity contribution in [2.45, 2.75) is 51.1 Å². The van der Waals surface area contributed by atoms with Crippen LogP contribution in [0.15, 0.2) is 12.5 Å². The number of rotatable bonds is 6. The number of carbonyl (C=O) groups excluding carboxylic acids is 1. The van der Waals surface area contributed by atoms with Crippen LogP contribution in [0.2, 0.25) is 0 Å². The van der Waals surface area contributed by atoms with Crippen LogP contribution in [-0.4, -0.2) is 39.9 Å². The molecule has 3 rings (SSSR count). The number of nitrogens with one attached hydrogen (secondary N) is 2. The van der Waals surface area contributed by atoms with Crippen LogP contribution in [0.1, 0.15) is 44.2 Å². The Bertz CT molecular complexity index is 427. The molecule has 5 nitrogen and oxygen atoms in total. The van der Waals surface area contributed by atoms with Crippen molar-refractivity contribution in [3.8, 4) is 0 Å². The maximum Gasteiger partial charge on any atom is 0.220 e. The Morgan fingerprint density at radius 3 is 3.10 bits per heavy atom. The Labute approximate surface area is 120 Å². The molecule has 110 valence electrons. The van der Waals surface area contributed by atoms with Crippen LogP contribution < -0.4 is 5.32 Å². The van der Waals surface area contributed by atoms with Gasteiger partial charge in [0.2, 0.25) is 5.91 Å². The molecule has 0 unspecified atom stereocenters. The third kappa shape index (κ3) is 4.07. The van der Waals surface area contributed by atoms with Crippen molar-refractivity contribution >= 4 is 5.91 Å². The minimum absolute atomic E-state index is 0.248. The molecule has 1 saturated heterocycles. The SMILES string of the molecule is O=C(CC[C@@H]1CCCN(Cc2cnc[nH]2)C1)NC1CC1. The maximum absolute atomic E-state index is 11.7. The van der Waals surface area contributed by atoms with E-state index >= 15 is 0 Å². The standard InChI is InChI=1S/C15H24N4O/c20-15(18-13-4-5-13)6-3-12-2-1-7-19(9-12)10-14-8-16-11-17-14/h8,11-13H,1-7,9-10H2,(H,16,17)(H,18,20)/t12-/m0/s1. The van der Waals surface area contributed by atoms with E-state index in [1.54, 1.807) is 6.33 Å². The van der Waals surface area contributed by atoms with Crippen molar-refractivity contribution in [2.75, 3.05) is 13.1 Å². The predicted octanol–water partition coefficient (Wildman–Crippen LogP) is 1.68. The van der Waals surface area contributed by atoms with Gasteiger partial charge in [-0.15, -0.1) is 0 Å². The van der Waals surface area contributed by atoms with Gasteiger partial charge in [0.05, 0.1) is 6.33 Å². The van der Waals surface area contributed by atoms with E-state index in [4.69, 9.17) is 0 Å². The second-order valence-electron chi connectivity index (χ2n) is 6.20. The van der Waals surface area contributed by atoms with Crippen molar-refractivity contribution in [1.82, 2.24) is 20.2 Å². The number of aromatic amines is 1. The highest BCUT2D eigenvalue weighted by molar-refractivity contribution is 5.76. The summed E-state index contributed by atoms with van der Waals surface area (Å²) in [7, 11) is 0. The Morgan fingerprint density at radius 2 is 2.35 bits per heavy atom. The third-order valence-corrected chi connectivity index (χ3v) is 4.27. The average Bonchev–Trinajstić information content (AvgIpc) is 3.11. The molecule has 0 bridgehead atoms. The molecule has 2 fully saturated rings. The first-order valence-corrected chi connectivity index (χ1v) is 7.78. The van der Waals surface area contributed by atoms with Crippen molar-refractivity contribution in [1.29, 1.82) is 0 Å². The highest BCUT2D eigenvalue weighted by Crippen LogP contribution is 2.23. The summed E-state index contributed by atoms with van der Waals surface area (Å²) in [5.41, 5.74) is 1.18. The molecule has 0 aromatic carbocycles. The first-order valence-electron chi connectivity index (χ1n) is 7.78. The second-order valence-corrected chi connectivity index (χ2v) is 6.20. The van der Waals surface area contributed by atoms with Crippen LogP contribution in [0, 0.1) is 5.92 Å². The van der Waals surface area contributed by atoms with Gasteiger partial charge in [0.1, 0.15) is 0 Å². The van der Waals surface area contributed by atoms with E-state index < -0.39 is 0 Å². The number of hydrogen-bond donors (Lipinski definition) is 2. The zero-order chi connectivity index (χ0) is 13.8. The topological polar surface area (TPSA) is 61.0 Å². The summed E-state index contributed by atoms with van der Waals surface area (Å²) in [5.74, 6) is 0.912. The number of piperidine rings is 1. The van der Waals surface area contributed by atoms with Crippen molar-refractivity contribution < 1.29 is 4.79 Å². The van der Waals surface area contributed by atoms with Gasteiger partial charge in [0.15, 0.2) is 0 Å². The van der Waals surface area contributed by atoms with Gasteiger partial charge in [-0.05, 0) is 44.6 Å². The molecular formula is C15H24N4O. The molecule has 2 N–H and O–H groups in total. The first kappa shape index (κ1) is 13.6. The minimum Gasteiger partial charge on any atom is -0.353 e. The van der Waals surface area contributed by atoms with Crippen molar-refractivity contribution in [3.05, 3.63) is 18.2 Å². The number of carbonyl (C=O) groups is 1. The van der Waals surface area contributed by atoms with E-state index in [1.807, 2.05) is 6.20 Å². The van der Waals surface area contributed by atoms with Gasteiger partial charge in [-0.2, -0.15) is 0 Å². The summed E-state index contributed by atoms with van der Waals surface area (Å²) < 4.78 is 0. The Balaban J connectivity index is 1.39. The number of imidazole rings is 1. The number of nitrogens with zero attached hydrogens (tertiary/aromatic N) is 2. The number of hydrogen-bond acceptors (Lipinski definition) is 3. The summed E-state index contributed by atoms with van der Waals surface area (Å²) >= 11 is 0. The smallest absolute Gasteiger partial charge is 0.220 e. The number of aromatic nitrogens is 2. The van der Waals surface area contributed by atoms with Crippen LogP contribution >= 0.6 is 0 Å². The molecule has 2 aliphatic rings. The average molecular weight is 276 g/mol. The summed E-state index contributed by atoms with van der Waals surface area (Å²) in [4.78, 5) is 21.4. The molecular weight excluding hydrogens is 252 g/mol. The summed E-state index contributed by atoms with van der Waals surface area (Å²) in [6.07, 6.45) is 10.2. The molecule has 1 aromatic heterocycles. The summed E-state index contributed by atoms with van der Waals surface area (Å²) in [6, 6.07) is 0.491. The Kier molecular flexibility index (Phi) is 4.35. The molecule has 1 aromatic rings. The van der Waals surface area contributed by atoms with Gasteiger partial charge < -0.3 is 10.3 Å². The molecule has 2 heterocycles. The second kappa shape index (κ2) is 6.39. The largest absolute Gasteiger partial charge is 0.353 e. The van der Waals surface area contributed by atoms with Crippen molar-refractivity contribution in [3.63, 3.8) is 0 Å². The van der Waals surface area contributed by atoms with Gasteiger partial charge >= 0.3 is 0 Å². The highest BCUT2D eigenvalue weighted by Gasteiger charge is 2.24. The lowest BCUT2D eigenvalue weighted by Crippen LogP contribution is -2.35. The lowest BCUT2D eigenvalue weighted by Gasteiger charge is -2.32. The lowest BCUT2D eigenvalue weighted by molar-refractivity contribution is -0.121. The summed E-state index contributed by atoms with van der Waals surface area (Å²) in [6.45, 7) is 3.21. The van der Waals surface area contributed by atoms with Gasteiger partial charge in [-0.1, -0.05) is 0 Å². The van der Waals surface area contributed by atoms with Crippen LogP contribution in [0.5, 0.6) is 0 Å². The monoisotopic (exact) mass is 276 g/mol. The number of likely N-dealkylation sites (tertiary alicyclic amines) is 1. The Morgan fingerprint density at radius 1 is 1.45 bits per heavy atom. The third-order valence-electron chi connectivity index (χ3n) is 4.27. The van der Waals surface area contributed by atoms with Gasteiger partial charge in [-0.3, -0.25) is 9.69 Å². The molecule has 1 saturated carbocycles. The van der Waals surface area contributed by atoms with E-state index in [-0.39, 0.29) is 5.91 Å². The minimum atomic E-state index is 0.248. The molecule has 1 atom stereocenters. The normalized spacial score (nSPS) is 23.7. The van der Waals surface area contributed by atoms with E-state index in [2.05, 4.69) is 20.2 Å². The van der Waals surface area contributed by atoms with Crippen LogP contribution in [0.25, 0.3) is 0 Å². The molecule has 1 aliphatic heterocycles. The molecule has 0 radical (unpaired) electrons. The number of amides is 1. The van der Waals surface area contributed by atoms with E-state index in [1.165, 1.54) is 31.4 Å². The Hall–Kier alpha value is -1.36. The van der Waals surface area contributed by atoms with E-state index in [0.717, 1.165) is 26.1 Å². The lowest BCUT2D eigenvalue weighted by atomic mass is 9.93. The van der Waals surface area contributed by atoms with Crippen LogP contribution in [0.3, 0.4) is 0 Å². The zero-order valence-electron chi connectivity index (χ0n) is 12.0. The quantitative estimate of drug-likeness (QED) is 0.831. The van der Waals surface area contributed by atoms with E-state index in [0.29, 0.717) is 18.4 Å². The fourth-order valence-electron chi connectivity index (χ4n) is 3.01. The highest BCUT2D eigenvalue weighted by atomic mass is 16.1. The first-order chi connectivity index (χ1) is 9.79. The molecule has 20 heavy (non-hydrogen) atoms. The van der Waals surface area contributed by atoms with Crippen molar-refractivity contribution in [2.24, 2.45) is 5.92 Å². The molecule has 1 aliphatic carbocycles. The van der Waals surface area contributed by atoms with Crippen LogP contribution in [0.4, 0.5) is 0 Å². The van der Waals surface area contributed by atoms with Gasteiger partial charge in [-0.25, -0.2) is 4.98 Å². The maximum atomic E-state index is 11.7.